The van der Waals surface area contributed by atoms with Gasteiger partial charge in [0, 0.05) is 23.3 Å². The molecule has 134 valence electrons. The Morgan fingerprint density at radius 1 is 1.12 bits per heavy atom. The molecule has 0 radical (unpaired) electrons. The molecule has 26 heavy (non-hydrogen) atoms. The van der Waals surface area contributed by atoms with E-state index in [2.05, 4.69) is 4.98 Å². The lowest BCUT2D eigenvalue weighted by Crippen LogP contribution is -2.24. The zero-order valence-corrected chi connectivity index (χ0v) is 15.1. The van der Waals surface area contributed by atoms with Gasteiger partial charge in [-0.15, -0.1) is 11.3 Å². The number of carboxylic acids is 1. The maximum absolute atomic E-state index is 10.7. The largest absolute Gasteiger partial charge is 0.550 e. The molecule has 0 bridgehead atoms. The van der Waals surface area contributed by atoms with Crippen molar-refractivity contribution in [2.45, 2.75) is 20.0 Å². The monoisotopic (exact) mass is 368 g/mol. The highest BCUT2D eigenvalue weighted by Gasteiger charge is 2.11. The van der Waals surface area contributed by atoms with Gasteiger partial charge in [-0.3, -0.25) is 0 Å². The highest BCUT2D eigenvalue weighted by Crippen LogP contribution is 2.34. The number of aliphatic carboxylic acids is 1. The lowest BCUT2D eigenvalue weighted by atomic mass is 10.2. The number of carbonyl (C=O) groups excluding carboxylic acids is 1. The second-order valence-corrected chi connectivity index (χ2v) is 6.42. The second kappa shape index (κ2) is 8.49. The van der Waals surface area contributed by atoms with E-state index >= 15 is 0 Å². The first-order valence-electron chi connectivity index (χ1n) is 8.24. The molecule has 0 saturated heterocycles. The van der Waals surface area contributed by atoms with Crippen LogP contribution in [0.2, 0.25) is 0 Å². The van der Waals surface area contributed by atoms with Gasteiger partial charge in [0.2, 0.25) is 0 Å². The molecule has 0 aliphatic carbocycles. The Hall–Kier alpha value is -2.86. The molecule has 0 aliphatic rings. The van der Waals surface area contributed by atoms with Crippen molar-refractivity contribution in [1.82, 2.24) is 4.98 Å². The molecule has 0 atom stereocenters. The smallest absolute Gasteiger partial charge is 0.161 e. The number of aromatic nitrogens is 1. The average Bonchev–Trinajstić information content (AvgIpc) is 3.09. The zero-order chi connectivity index (χ0) is 18.4. The average molecular weight is 368 g/mol. The molecule has 0 N–H and O–H groups in total. The number of nitrogens with zero attached hydrogens (tertiary/aromatic N) is 1. The molecule has 1 aromatic heterocycles. The number of ether oxygens (including phenoxy) is 2. The Balaban J connectivity index is 1.79. The van der Waals surface area contributed by atoms with E-state index in [1.165, 1.54) is 11.3 Å². The molecule has 6 heteroatoms. The van der Waals surface area contributed by atoms with Gasteiger partial charge in [0.1, 0.15) is 11.6 Å². The molecule has 1 heterocycles. The van der Waals surface area contributed by atoms with Crippen molar-refractivity contribution in [2.75, 3.05) is 6.61 Å². The van der Waals surface area contributed by atoms with E-state index < -0.39 is 5.97 Å². The molecular weight excluding hydrogens is 350 g/mol. The van der Waals surface area contributed by atoms with E-state index in [0.29, 0.717) is 30.4 Å². The lowest BCUT2D eigenvalue weighted by Gasteiger charge is -2.13. The topological polar surface area (TPSA) is 71.5 Å². The molecular formula is C20H18NO4S-. The van der Waals surface area contributed by atoms with Crippen molar-refractivity contribution in [2.24, 2.45) is 0 Å². The third-order valence-corrected chi connectivity index (χ3v) is 4.55. The maximum atomic E-state index is 10.7. The van der Waals surface area contributed by atoms with Gasteiger partial charge in [0.15, 0.2) is 11.5 Å². The number of rotatable bonds is 8. The number of thiazole rings is 1. The van der Waals surface area contributed by atoms with Crippen LogP contribution in [0.25, 0.3) is 10.6 Å². The summed E-state index contributed by atoms with van der Waals surface area (Å²) in [6, 6.07) is 15.5. The van der Waals surface area contributed by atoms with Gasteiger partial charge in [-0.1, -0.05) is 30.3 Å². The maximum Gasteiger partial charge on any atom is 0.161 e. The first-order valence-corrected chi connectivity index (χ1v) is 9.12. The summed E-state index contributed by atoms with van der Waals surface area (Å²) in [5.41, 5.74) is 2.42. The Morgan fingerprint density at radius 3 is 2.65 bits per heavy atom. The fourth-order valence-electron chi connectivity index (χ4n) is 2.43. The van der Waals surface area contributed by atoms with Crippen molar-refractivity contribution < 1.29 is 19.4 Å². The highest BCUT2D eigenvalue weighted by molar-refractivity contribution is 7.13. The van der Waals surface area contributed by atoms with Gasteiger partial charge >= 0.3 is 0 Å². The van der Waals surface area contributed by atoms with Crippen LogP contribution in [0.4, 0.5) is 0 Å². The summed E-state index contributed by atoms with van der Waals surface area (Å²) in [5, 5.41) is 13.2. The van der Waals surface area contributed by atoms with E-state index in [1.807, 2.05) is 55.5 Å². The van der Waals surface area contributed by atoms with Crippen molar-refractivity contribution in [3.8, 4) is 22.1 Å². The van der Waals surface area contributed by atoms with Crippen LogP contribution in [0.5, 0.6) is 11.5 Å². The molecule has 0 saturated carbocycles. The van der Waals surface area contributed by atoms with Crippen molar-refractivity contribution in [3.05, 3.63) is 65.2 Å². The molecule has 5 nitrogen and oxygen atoms in total. The molecule has 0 spiro atoms. The quantitative estimate of drug-likeness (QED) is 0.611. The predicted molar refractivity (Wildman–Crippen MR) is 98.2 cm³/mol. The summed E-state index contributed by atoms with van der Waals surface area (Å²) in [4.78, 5) is 15.1. The SMILES string of the molecule is CCOc1cc(-c2nc(CC(=O)[O-])cs2)ccc1OCc1ccccc1. The predicted octanol–water partition coefficient (Wildman–Crippen LogP) is 3.08. The molecule has 0 unspecified atom stereocenters. The standard InChI is InChI=1S/C20H19NO4S/c1-2-24-18-10-15(20-21-16(13-26-20)11-19(22)23)8-9-17(18)25-12-14-6-4-3-5-7-14/h3-10,13H,2,11-12H2,1H3,(H,22,23)/p-1. The summed E-state index contributed by atoms with van der Waals surface area (Å²) in [6.45, 7) is 2.88. The lowest BCUT2D eigenvalue weighted by molar-refractivity contribution is -0.304. The number of benzene rings is 2. The van der Waals surface area contributed by atoms with Crippen LogP contribution in [0.3, 0.4) is 0 Å². The number of hydrogen-bond donors (Lipinski definition) is 0. The summed E-state index contributed by atoms with van der Waals surface area (Å²) < 4.78 is 11.6. The van der Waals surface area contributed by atoms with Crippen molar-refractivity contribution >= 4 is 17.3 Å². The van der Waals surface area contributed by atoms with Crippen LogP contribution in [0.15, 0.2) is 53.9 Å². The van der Waals surface area contributed by atoms with Crippen LogP contribution in [-0.2, 0) is 17.8 Å². The van der Waals surface area contributed by atoms with Gasteiger partial charge in [-0.2, -0.15) is 0 Å². The minimum atomic E-state index is -1.14. The minimum absolute atomic E-state index is 0.187. The molecule has 3 aromatic rings. The van der Waals surface area contributed by atoms with E-state index in [1.54, 1.807) is 5.38 Å². The van der Waals surface area contributed by atoms with Crippen LogP contribution in [0, 0.1) is 0 Å². The summed E-state index contributed by atoms with van der Waals surface area (Å²) in [7, 11) is 0. The highest BCUT2D eigenvalue weighted by atomic mass is 32.1. The Bertz CT molecular complexity index is 877. The Labute approximate surface area is 155 Å². The summed E-state index contributed by atoms with van der Waals surface area (Å²) >= 11 is 1.39. The molecule has 0 amide bonds. The second-order valence-electron chi connectivity index (χ2n) is 5.56. The fraction of sp³-hybridized carbons (Fsp3) is 0.200. The minimum Gasteiger partial charge on any atom is -0.550 e. The zero-order valence-electron chi connectivity index (χ0n) is 14.3. The Kier molecular flexibility index (Phi) is 5.86. The van der Waals surface area contributed by atoms with Gasteiger partial charge in [0.05, 0.1) is 12.3 Å². The van der Waals surface area contributed by atoms with E-state index in [9.17, 15) is 9.90 Å². The van der Waals surface area contributed by atoms with Gasteiger partial charge in [-0.05, 0) is 30.7 Å². The third kappa shape index (κ3) is 4.61. The van der Waals surface area contributed by atoms with Crippen LogP contribution < -0.4 is 14.6 Å². The number of carboxylic acid groups (broad SMARTS) is 1. The summed E-state index contributed by atoms with van der Waals surface area (Å²) in [5.74, 6) is 0.157. The summed E-state index contributed by atoms with van der Waals surface area (Å²) in [6.07, 6.45) is -0.187. The first-order chi connectivity index (χ1) is 12.7. The van der Waals surface area contributed by atoms with Gasteiger partial charge in [-0.25, -0.2) is 4.98 Å². The van der Waals surface area contributed by atoms with Gasteiger partial charge in [0.25, 0.3) is 0 Å². The Morgan fingerprint density at radius 2 is 1.92 bits per heavy atom. The number of carbonyl (C=O) groups is 1. The normalized spacial score (nSPS) is 10.5. The number of hydrogen-bond acceptors (Lipinski definition) is 6. The van der Waals surface area contributed by atoms with Crippen molar-refractivity contribution in [1.29, 1.82) is 0 Å². The van der Waals surface area contributed by atoms with E-state index in [0.717, 1.165) is 16.1 Å². The van der Waals surface area contributed by atoms with Crippen LogP contribution in [0.1, 0.15) is 18.2 Å². The first kappa shape index (κ1) is 17.9. The van der Waals surface area contributed by atoms with Gasteiger partial charge < -0.3 is 19.4 Å². The van der Waals surface area contributed by atoms with Crippen molar-refractivity contribution in [3.63, 3.8) is 0 Å². The molecule has 0 fully saturated rings. The third-order valence-electron chi connectivity index (χ3n) is 3.60. The molecule has 3 rings (SSSR count). The van der Waals surface area contributed by atoms with E-state index in [4.69, 9.17) is 9.47 Å². The van der Waals surface area contributed by atoms with Crippen LogP contribution in [-0.4, -0.2) is 17.6 Å². The van der Waals surface area contributed by atoms with Crippen LogP contribution >= 0.6 is 11.3 Å². The molecule has 0 aliphatic heterocycles. The van der Waals surface area contributed by atoms with E-state index in [-0.39, 0.29) is 6.42 Å². The molecule has 2 aromatic carbocycles. The fourth-order valence-corrected chi connectivity index (χ4v) is 3.25.